The third-order valence-corrected chi connectivity index (χ3v) is 8.94. The van der Waals surface area contributed by atoms with E-state index in [4.69, 9.17) is 0 Å². The minimum absolute atomic E-state index is 0.241. The molecule has 3 fully saturated rings. The van der Waals surface area contributed by atoms with Gasteiger partial charge in [0.15, 0.2) is 0 Å². The Morgan fingerprint density at radius 2 is 1.71 bits per heavy atom. The van der Waals surface area contributed by atoms with Gasteiger partial charge in [0.25, 0.3) is 0 Å². The van der Waals surface area contributed by atoms with Crippen LogP contribution in [0.4, 0.5) is 0 Å². The van der Waals surface area contributed by atoms with Crippen molar-refractivity contribution in [2.75, 3.05) is 0 Å². The van der Waals surface area contributed by atoms with Gasteiger partial charge in [0.1, 0.15) is 5.54 Å². The van der Waals surface area contributed by atoms with Gasteiger partial charge < -0.3 is 0 Å². The summed E-state index contributed by atoms with van der Waals surface area (Å²) in [6.45, 7) is 9.49. The van der Waals surface area contributed by atoms with Crippen molar-refractivity contribution in [2.24, 2.45) is 33.8 Å². The van der Waals surface area contributed by atoms with E-state index < -0.39 is 0 Å². The van der Waals surface area contributed by atoms with Crippen LogP contribution < -0.4 is 0 Å². The summed E-state index contributed by atoms with van der Waals surface area (Å²) in [7, 11) is 0. The van der Waals surface area contributed by atoms with E-state index in [-0.39, 0.29) is 11.0 Å². The summed E-state index contributed by atoms with van der Waals surface area (Å²) in [5, 5.41) is 4.02. The molecule has 0 aromatic heterocycles. The Bertz CT molecular complexity index is 463. The van der Waals surface area contributed by atoms with Crippen molar-refractivity contribution in [3.05, 3.63) is 4.91 Å². The van der Waals surface area contributed by atoms with Gasteiger partial charge in [0.05, 0.1) is 0 Å². The summed E-state index contributed by atoms with van der Waals surface area (Å²) in [6, 6.07) is 0. The highest BCUT2D eigenvalue weighted by atomic mass is 16.3. The first-order valence-corrected chi connectivity index (χ1v) is 10.8. The van der Waals surface area contributed by atoms with E-state index in [1.165, 1.54) is 64.2 Å². The van der Waals surface area contributed by atoms with Gasteiger partial charge in [0, 0.05) is 5.41 Å². The van der Waals surface area contributed by atoms with Gasteiger partial charge in [-0.1, -0.05) is 77.8 Å². The van der Waals surface area contributed by atoms with Crippen molar-refractivity contribution in [2.45, 2.75) is 110 Å². The van der Waals surface area contributed by atoms with Gasteiger partial charge >= 0.3 is 0 Å². The fourth-order valence-electron chi connectivity index (χ4n) is 7.03. The smallest absolute Gasteiger partial charge is 0.111 e. The second-order valence-corrected chi connectivity index (χ2v) is 9.67. The molecule has 24 heavy (non-hydrogen) atoms. The standard InChI is InChI=1S/C22H39NO/c1-5-17(3)22(23-24)15-14-20(4,6-2)19-13-11-9-7-8-10-12-18-16-21(18,19)22/h17-19H,5-16H2,1-4H3/t17-,18+,19?,20-,21?,22?/m1/s1. The van der Waals surface area contributed by atoms with Crippen molar-refractivity contribution in [1.82, 2.24) is 0 Å². The van der Waals surface area contributed by atoms with Gasteiger partial charge in [-0.2, -0.15) is 4.91 Å². The van der Waals surface area contributed by atoms with Crippen molar-refractivity contribution >= 4 is 0 Å². The highest BCUT2D eigenvalue weighted by Crippen LogP contribution is 2.77. The maximum Gasteiger partial charge on any atom is 0.111 e. The van der Waals surface area contributed by atoms with Crippen LogP contribution in [-0.2, 0) is 0 Å². The van der Waals surface area contributed by atoms with E-state index in [2.05, 4.69) is 32.9 Å². The van der Waals surface area contributed by atoms with Crippen molar-refractivity contribution in [1.29, 1.82) is 0 Å². The molecule has 0 aromatic carbocycles. The second kappa shape index (κ2) is 6.72. The van der Waals surface area contributed by atoms with Crippen LogP contribution in [0.25, 0.3) is 0 Å². The third kappa shape index (κ3) is 2.50. The lowest BCUT2D eigenvalue weighted by Gasteiger charge is -2.56. The molecule has 6 atom stereocenters. The van der Waals surface area contributed by atoms with Crippen LogP contribution in [0.3, 0.4) is 0 Å². The fourth-order valence-corrected chi connectivity index (χ4v) is 7.03. The van der Waals surface area contributed by atoms with Gasteiger partial charge in [-0.05, 0) is 55.3 Å². The predicted octanol–water partition coefficient (Wildman–Crippen LogP) is 7.11. The molecule has 0 N–H and O–H groups in total. The molecular weight excluding hydrogens is 294 g/mol. The average molecular weight is 334 g/mol. The van der Waals surface area contributed by atoms with Gasteiger partial charge in [-0.3, -0.25) is 0 Å². The Morgan fingerprint density at radius 1 is 1.04 bits per heavy atom. The SMILES string of the molecule is CC[C@@H](C)C1(N=O)CC[C@@](C)(CC)C2CCCCCCC[C@H]3CC231. The molecule has 3 saturated carbocycles. The first-order chi connectivity index (χ1) is 11.5. The number of nitroso groups, excluding NO2 is 1. The van der Waals surface area contributed by atoms with Crippen LogP contribution in [0.5, 0.6) is 0 Å². The summed E-state index contributed by atoms with van der Waals surface area (Å²) in [6.07, 6.45) is 15.5. The minimum Gasteiger partial charge on any atom is -0.150 e. The lowest BCUT2D eigenvalue weighted by Crippen LogP contribution is -2.56. The molecular formula is C22H39NO. The molecule has 0 aromatic rings. The van der Waals surface area contributed by atoms with Crippen LogP contribution in [-0.4, -0.2) is 5.54 Å². The monoisotopic (exact) mass is 333 g/mol. The Labute approximate surface area is 149 Å². The van der Waals surface area contributed by atoms with E-state index >= 15 is 0 Å². The van der Waals surface area contributed by atoms with Gasteiger partial charge in [-0.15, -0.1) is 0 Å². The summed E-state index contributed by atoms with van der Waals surface area (Å²) < 4.78 is 0. The molecule has 0 aliphatic heterocycles. The first-order valence-electron chi connectivity index (χ1n) is 10.8. The quantitative estimate of drug-likeness (QED) is 0.504. The van der Waals surface area contributed by atoms with E-state index in [9.17, 15) is 4.91 Å². The molecule has 0 saturated heterocycles. The molecule has 3 aliphatic carbocycles. The second-order valence-electron chi connectivity index (χ2n) is 9.67. The van der Waals surface area contributed by atoms with Gasteiger partial charge in [-0.25, -0.2) is 0 Å². The maximum absolute atomic E-state index is 12.4. The molecule has 0 radical (unpaired) electrons. The summed E-state index contributed by atoms with van der Waals surface area (Å²) >= 11 is 0. The number of hydrogen-bond acceptors (Lipinski definition) is 2. The lowest BCUT2D eigenvalue weighted by atomic mass is 9.48. The molecule has 138 valence electrons. The number of rotatable bonds is 4. The third-order valence-electron chi connectivity index (χ3n) is 8.94. The topological polar surface area (TPSA) is 29.4 Å². The van der Waals surface area contributed by atoms with E-state index in [1.54, 1.807) is 0 Å². The Balaban J connectivity index is 2.04. The zero-order valence-corrected chi connectivity index (χ0v) is 16.6. The number of nitrogens with zero attached hydrogens (tertiary/aromatic N) is 1. The molecule has 1 spiro atoms. The highest BCUT2D eigenvalue weighted by Gasteiger charge is 2.75. The molecule has 2 heteroatoms. The zero-order chi connectivity index (χ0) is 17.4. The van der Waals surface area contributed by atoms with Crippen LogP contribution >= 0.6 is 0 Å². The van der Waals surface area contributed by atoms with Crippen LogP contribution in [0.2, 0.25) is 0 Å². The molecule has 3 rings (SSSR count). The summed E-state index contributed by atoms with van der Waals surface area (Å²) in [5.41, 5.74) is 0.394. The predicted molar refractivity (Wildman–Crippen MR) is 102 cm³/mol. The van der Waals surface area contributed by atoms with Crippen LogP contribution in [0.15, 0.2) is 5.18 Å². The van der Waals surface area contributed by atoms with Crippen molar-refractivity contribution < 1.29 is 0 Å². The normalized spacial score (nSPS) is 47.2. The Morgan fingerprint density at radius 3 is 2.33 bits per heavy atom. The van der Waals surface area contributed by atoms with Crippen molar-refractivity contribution in [3.63, 3.8) is 0 Å². The van der Waals surface area contributed by atoms with Crippen LogP contribution in [0, 0.1) is 33.5 Å². The van der Waals surface area contributed by atoms with E-state index in [0.717, 1.165) is 24.7 Å². The molecule has 0 bridgehead atoms. The Kier molecular flexibility index (Phi) is 5.15. The minimum atomic E-state index is -0.273. The molecule has 3 unspecified atom stereocenters. The Hall–Kier alpha value is -0.400. The summed E-state index contributed by atoms with van der Waals surface area (Å²) in [4.78, 5) is 12.4. The zero-order valence-electron chi connectivity index (χ0n) is 16.6. The highest BCUT2D eigenvalue weighted by molar-refractivity contribution is 5.25. The average Bonchev–Trinajstić information content (AvgIpc) is 3.32. The lowest BCUT2D eigenvalue weighted by molar-refractivity contribution is -0.0601. The molecule has 0 heterocycles. The maximum atomic E-state index is 12.4. The van der Waals surface area contributed by atoms with E-state index in [0.29, 0.717) is 11.3 Å². The first kappa shape index (κ1) is 18.4. The van der Waals surface area contributed by atoms with Crippen molar-refractivity contribution in [3.8, 4) is 0 Å². The van der Waals surface area contributed by atoms with E-state index in [1.807, 2.05) is 0 Å². The number of hydrogen-bond donors (Lipinski definition) is 0. The van der Waals surface area contributed by atoms with Crippen LogP contribution in [0.1, 0.15) is 105 Å². The molecule has 0 amide bonds. The fraction of sp³-hybridized carbons (Fsp3) is 1.00. The summed E-state index contributed by atoms with van der Waals surface area (Å²) in [5.74, 6) is 1.93. The largest absolute Gasteiger partial charge is 0.150 e. The molecule has 3 aliphatic rings. The van der Waals surface area contributed by atoms with Gasteiger partial charge in [0.2, 0.25) is 0 Å². The molecule has 2 nitrogen and oxygen atoms in total.